The third kappa shape index (κ3) is 4.21. The number of hydrogen-bond acceptors (Lipinski definition) is 7. The van der Waals surface area contributed by atoms with E-state index in [-0.39, 0.29) is 15.6 Å². The molecule has 1 aromatic carbocycles. The maximum absolute atomic E-state index is 11.9. The summed E-state index contributed by atoms with van der Waals surface area (Å²) in [4.78, 5) is 44.6. The lowest BCUT2D eigenvalue weighted by molar-refractivity contribution is -0.384. The van der Waals surface area contributed by atoms with E-state index in [1.54, 1.807) is 0 Å². The molecule has 1 aliphatic heterocycles. The summed E-state index contributed by atoms with van der Waals surface area (Å²) in [5, 5.41) is 20.5. The summed E-state index contributed by atoms with van der Waals surface area (Å²) in [6.07, 6.45) is 2.67. The molecule has 24 heavy (non-hydrogen) atoms. The molecule has 0 unspecified atom stereocenters. The fourth-order valence-electron chi connectivity index (χ4n) is 1.78. The molecule has 0 spiro atoms. The van der Waals surface area contributed by atoms with Crippen LogP contribution in [0, 0.1) is 10.1 Å². The summed E-state index contributed by atoms with van der Waals surface area (Å²) in [5.41, 5.74) is 0.475. The minimum absolute atomic E-state index is 0.0237. The number of benzene rings is 1. The maximum Gasteiger partial charge on any atom is 0.293 e. The van der Waals surface area contributed by atoms with Gasteiger partial charge < -0.3 is 9.90 Å². The van der Waals surface area contributed by atoms with Crippen LogP contribution in [0.15, 0.2) is 40.3 Å². The van der Waals surface area contributed by atoms with E-state index in [9.17, 15) is 29.6 Å². The van der Waals surface area contributed by atoms with Crippen LogP contribution in [0.4, 0.5) is 10.5 Å². The van der Waals surface area contributed by atoms with Crippen molar-refractivity contribution in [2.75, 3.05) is 6.54 Å². The number of hydrogen-bond donors (Lipinski definition) is 0. The molecule has 1 aromatic rings. The van der Waals surface area contributed by atoms with E-state index in [1.807, 2.05) is 0 Å². The fourth-order valence-corrected chi connectivity index (χ4v) is 2.91. The Balaban J connectivity index is 2.18. The first-order chi connectivity index (χ1) is 11.3. The van der Waals surface area contributed by atoms with Crippen molar-refractivity contribution in [2.24, 2.45) is 0 Å². The molecule has 8 nitrogen and oxygen atoms in total. The van der Waals surface area contributed by atoms with E-state index in [0.717, 1.165) is 0 Å². The van der Waals surface area contributed by atoms with Gasteiger partial charge in [0.05, 0.1) is 22.3 Å². The first-order valence-electron chi connectivity index (χ1n) is 6.35. The molecule has 1 heterocycles. The predicted octanol–water partition coefficient (Wildman–Crippen LogP) is 1.50. The van der Waals surface area contributed by atoms with Gasteiger partial charge in [-0.2, -0.15) is 0 Å². The number of imide groups is 1. The number of nitro benzene ring substituents is 1. The number of halogens is 1. The van der Waals surface area contributed by atoms with Crippen molar-refractivity contribution in [3.05, 3.63) is 56.0 Å². The summed E-state index contributed by atoms with van der Waals surface area (Å²) in [6.45, 7) is -0.828. The monoisotopic (exact) mass is 367 g/mol. The lowest BCUT2D eigenvalue weighted by Gasteiger charge is -2.12. The molecule has 0 aromatic heterocycles. The van der Waals surface area contributed by atoms with Gasteiger partial charge >= 0.3 is 0 Å². The summed E-state index contributed by atoms with van der Waals surface area (Å²) in [7, 11) is 0. The van der Waals surface area contributed by atoms with E-state index in [1.165, 1.54) is 36.4 Å². The van der Waals surface area contributed by atoms with Crippen LogP contribution in [0.5, 0.6) is 0 Å². The molecule has 0 radical (unpaired) electrons. The first kappa shape index (κ1) is 17.7. The number of nitro groups is 1. The number of carbonyl (C=O) groups is 3. The van der Waals surface area contributed by atoms with Crippen molar-refractivity contribution in [3.63, 3.8) is 0 Å². The Bertz CT molecular complexity index is 787. The third-order valence-electron chi connectivity index (χ3n) is 2.84. The Morgan fingerprint density at radius 2 is 1.92 bits per heavy atom. The number of thioether (sulfide) groups is 1. The van der Waals surface area contributed by atoms with Gasteiger partial charge in [-0.25, -0.2) is 0 Å². The first-order valence-corrected chi connectivity index (χ1v) is 7.54. The van der Waals surface area contributed by atoms with E-state index in [2.05, 4.69) is 0 Å². The second kappa shape index (κ2) is 7.28. The Labute approximate surface area is 144 Å². The van der Waals surface area contributed by atoms with Crippen LogP contribution in [0.1, 0.15) is 5.56 Å². The van der Waals surface area contributed by atoms with Gasteiger partial charge in [0.25, 0.3) is 16.8 Å². The molecule has 1 saturated heterocycles. The van der Waals surface area contributed by atoms with Crippen molar-refractivity contribution in [2.45, 2.75) is 0 Å². The largest absolute Gasteiger partial charge is 0.548 e. The molecular formula is C14H8ClN2O6S-. The highest BCUT2D eigenvalue weighted by molar-refractivity contribution is 8.18. The molecule has 124 valence electrons. The van der Waals surface area contributed by atoms with Gasteiger partial charge in [0.1, 0.15) is 0 Å². The van der Waals surface area contributed by atoms with E-state index in [4.69, 9.17) is 11.6 Å². The average molecular weight is 368 g/mol. The molecular weight excluding hydrogens is 360 g/mol. The normalized spacial score (nSPS) is 16.8. The molecule has 1 fully saturated rings. The van der Waals surface area contributed by atoms with Gasteiger partial charge in [-0.3, -0.25) is 24.6 Å². The van der Waals surface area contributed by atoms with Crippen LogP contribution >= 0.6 is 23.4 Å². The molecule has 1 aliphatic rings. The van der Waals surface area contributed by atoms with Crippen LogP contribution in [-0.4, -0.2) is 33.5 Å². The highest BCUT2D eigenvalue weighted by atomic mass is 35.5. The smallest absolute Gasteiger partial charge is 0.293 e. The standard InChI is InChI=1S/C14H9ClN2O6S/c15-9(5-8-1-3-10(4-2-8)17(22)23)6-11-13(20)16(7-12(18)19)14(21)24-11/h1-6H,7H2,(H,18,19)/p-1. The maximum atomic E-state index is 11.9. The van der Waals surface area contributed by atoms with Gasteiger partial charge in [0.2, 0.25) is 0 Å². The van der Waals surface area contributed by atoms with Crippen molar-refractivity contribution >= 4 is 52.2 Å². The number of rotatable bonds is 5. The highest BCUT2D eigenvalue weighted by Gasteiger charge is 2.34. The zero-order chi connectivity index (χ0) is 17.9. The predicted molar refractivity (Wildman–Crippen MR) is 84.7 cm³/mol. The molecule has 10 heteroatoms. The number of carbonyl (C=O) groups excluding carboxylic acids is 3. The molecule has 0 atom stereocenters. The Hall–Kier alpha value is -2.65. The lowest BCUT2D eigenvalue weighted by Crippen LogP contribution is -2.40. The number of carboxylic acids is 1. The number of aliphatic carboxylic acids is 1. The van der Waals surface area contributed by atoms with Crippen LogP contribution in [0.3, 0.4) is 0 Å². The zero-order valence-electron chi connectivity index (χ0n) is 11.8. The topological polar surface area (TPSA) is 121 Å². The fraction of sp³-hybridized carbons (Fsp3) is 0.0714. The van der Waals surface area contributed by atoms with Gasteiger partial charge in [-0.1, -0.05) is 11.6 Å². The molecule has 0 N–H and O–H groups in total. The van der Waals surface area contributed by atoms with Crippen LogP contribution < -0.4 is 5.11 Å². The van der Waals surface area contributed by atoms with Gasteiger partial charge in [0, 0.05) is 17.2 Å². The summed E-state index contributed by atoms with van der Waals surface area (Å²) in [6, 6.07) is 5.53. The van der Waals surface area contributed by atoms with E-state index >= 15 is 0 Å². The van der Waals surface area contributed by atoms with Crippen LogP contribution in [0.2, 0.25) is 0 Å². The van der Waals surface area contributed by atoms with Crippen LogP contribution in [0.25, 0.3) is 6.08 Å². The van der Waals surface area contributed by atoms with E-state index < -0.39 is 28.6 Å². The Morgan fingerprint density at radius 1 is 1.29 bits per heavy atom. The Kier molecular flexibility index (Phi) is 5.37. The second-order valence-corrected chi connectivity index (χ2v) is 5.95. The second-order valence-electron chi connectivity index (χ2n) is 4.52. The average Bonchev–Trinajstić information content (AvgIpc) is 2.75. The lowest BCUT2D eigenvalue weighted by atomic mass is 10.2. The van der Waals surface area contributed by atoms with Crippen LogP contribution in [-0.2, 0) is 9.59 Å². The molecule has 0 saturated carbocycles. The molecule has 2 rings (SSSR count). The minimum atomic E-state index is -1.55. The number of amides is 2. The summed E-state index contributed by atoms with van der Waals surface area (Å²) < 4.78 is 0. The summed E-state index contributed by atoms with van der Waals surface area (Å²) >= 11 is 6.55. The molecule has 2 amide bonds. The van der Waals surface area contributed by atoms with Gasteiger partial charge in [-0.05, 0) is 41.6 Å². The molecule has 0 aliphatic carbocycles. The van der Waals surface area contributed by atoms with Gasteiger partial charge in [-0.15, -0.1) is 0 Å². The zero-order valence-corrected chi connectivity index (χ0v) is 13.4. The SMILES string of the molecule is O=C([O-])CN1C(=O)SC(=CC(Cl)=Cc2ccc([N+](=O)[O-])cc2)C1=O. The van der Waals surface area contributed by atoms with Crippen molar-refractivity contribution in [1.82, 2.24) is 4.90 Å². The highest BCUT2D eigenvalue weighted by Crippen LogP contribution is 2.32. The number of allylic oxidation sites excluding steroid dienone is 2. The number of carboxylic acid groups (broad SMARTS) is 1. The number of nitrogens with zero attached hydrogens (tertiary/aromatic N) is 2. The molecule has 0 bridgehead atoms. The Morgan fingerprint density at radius 3 is 2.46 bits per heavy atom. The third-order valence-corrected chi connectivity index (χ3v) is 3.96. The minimum Gasteiger partial charge on any atom is -0.548 e. The number of non-ortho nitro benzene ring substituents is 1. The van der Waals surface area contributed by atoms with Crippen molar-refractivity contribution < 1.29 is 24.4 Å². The van der Waals surface area contributed by atoms with Crippen molar-refractivity contribution in [3.8, 4) is 0 Å². The summed E-state index contributed by atoms with van der Waals surface area (Å²) in [5.74, 6) is -2.32. The van der Waals surface area contributed by atoms with Gasteiger partial charge in [0.15, 0.2) is 0 Å². The van der Waals surface area contributed by atoms with Crippen molar-refractivity contribution in [1.29, 1.82) is 0 Å². The quantitative estimate of drug-likeness (QED) is 0.439. The van der Waals surface area contributed by atoms with E-state index in [0.29, 0.717) is 22.2 Å².